The van der Waals surface area contributed by atoms with E-state index in [1.165, 1.54) is 18.2 Å². The number of rotatable bonds is 7. The third-order valence-corrected chi connectivity index (χ3v) is 2.39. The molecule has 0 aliphatic heterocycles. The second-order valence-corrected chi connectivity index (χ2v) is 4.13. The van der Waals surface area contributed by atoms with Crippen LogP contribution < -0.4 is 21.1 Å². The molecule has 1 aromatic rings. The number of carbonyl (C=O) groups is 2. The van der Waals surface area contributed by atoms with Crippen LogP contribution in [0.5, 0.6) is 5.75 Å². The minimum absolute atomic E-state index is 0.366. The number of hydrogen-bond donors (Lipinski definition) is 3. The molecule has 6 nitrogen and oxygen atoms in total. The van der Waals surface area contributed by atoms with E-state index in [1.54, 1.807) is 0 Å². The Morgan fingerprint density at radius 3 is 2.80 bits per heavy atom. The van der Waals surface area contributed by atoms with Gasteiger partial charge in [0.05, 0.1) is 0 Å². The lowest BCUT2D eigenvalue weighted by Crippen LogP contribution is -2.38. The minimum Gasteiger partial charge on any atom is -0.483 e. The molecule has 0 bridgehead atoms. The van der Waals surface area contributed by atoms with Gasteiger partial charge in [0.25, 0.3) is 5.91 Å². The van der Waals surface area contributed by atoms with E-state index in [0.717, 1.165) is 13.0 Å². The lowest BCUT2D eigenvalue weighted by atomic mass is 10.2. The van der Waals surface area contributed by atoms with E-state index in [9.17, 15) is 14.0 Å². The Labute approximate surface area is 116 Å². The summed E-state index contributed by atoms with van der Waals surface area (Å²) in [5.74, 6) is -0.656. The van der Waals surface area contributed by atoms with E-state index in [-0.39, 0.29) is 12.4 Å². The monoisotopic (exact) mass is 283 g/mol. The molecule has 0 atom stereocenters. The topological polar surface area (TPSA) is 93.4 Å². The first-order valence-corrected chi connectivity index (χ1v) is 6.24. The van der Waals surface area contributed by atoms with Gasteiger partial charge in [0.2, 0.25) is 0 Å². The van der Waals surface area contributed by atoms with Gasteiger partial charge in [-0.1, -0.05) is 6.92 Å². The highest BCUT2D eigenvalue weighted by Crippen LogP contribution is 2.19. The van der Waals surface area contributed by atoms with Crippen LogP contribution in [0.4, 0.5) is 9.18 Å². The maximum Gasteiger partial charge on any atom is 0.318 e. The first-order chi connectivity index (χ1) is 9.52. The number of imide groups is 1. The van der Waals surface area contributed by atoms with Crippen molar-refractivity contribution in [2.75, 3.05) is 13.2 Å². The molecule has 0 saturated carbocycles. The quantitative estimate of drug-likeness (QED) is 0.648. The standard InChI is InChI=1S/C13H18FN3O3/c1-2-5-16-7-9-6-10(14)3-4-11(9)20-8-12(18)17-13(15)19/h3-4,6,16H,2,5,7-8H2,1H3,(H3,15,17,18,19). The summed E-state index contributed by atoms with van der Waals surface area (Å²) < 4.78 is 18.5. The molecular weight excluding hydrogens is 265 g/mol. The largest absolute Gasteiger partial charge is 0.483 e. The van der Waals surface area contributed by atoms with Gasteiger partial charge in [-0.2, -0.15) is 0 Å². The van der Waals surface area contributed by atoms with E-state index in [4.69, 9.17) is 10.5 Å². The van der Waals surface area contributed by atoms with Gasteiger partial charge in [0.1, 0.15) is 11.6 Å². The molecular formula is C13H18FN3O3. The Bertz CT molecular complexity index is 480. The molecule has 1 aromatic carbocycles. The van der Waals surface area contributed by atoms with E-state index >= 15 is 0 Å². The molecule has 0 aliphatic rings. The summed E-state index contributed by atoms with van der Waals surface area (Å²) >= 11 is 0. The van der Waals surface area contributed by atoms with Crippen LogP contribution in [-0.4, -0.2) is 25.1 Å². The number of ether oxygens (including phenoxy) is 1. The highest BCUT2D eigenvalue weighted by molar-refractivity contribution is 5.94. The molecule has 0 spiro atoms. The summed E-state index contributed by atoms with van der Waals surface area (Å²) in [5, 5.41) is 5.00. The number of amides is 3. The molecule has 0 aromatic heterocycles. The summed E-state index contributed by atoms with van der Waals surface area (Å²) in [6.45, 7) is 2.87. The number of nitrogens with one attached hydrogen (secondary N) is 2. The first-order valence-electron chi connectivity index (χ1n) is 6.24. The molecule has 0 aliphatic carbocycles. The van der Waals surface area contributed by atoms with Gasteiger partial charge in [-0.15, -0.1) is 0 Å². The van der Waals surface area contributed by atoms with Crippen LogP contribution in [0.1, 0.15) is 18.9 Å². The third-order valence-electron chi connectivity index (χ3n) is 2.39. The molecule has 3 amide bonds. The second-order valence-electron chi connectivity index (χ2n) is 4.13. The Hall–Kier alpha value is -2.15. The van der Waals surface area contributed by atoms with Crippen LogP contribution in [0.2, 0.25) is 0 Å². The van der Waals surface area contributed by atoms with Crippen molar-refractivity contribution in [2.45, 2.75) is 19.9 Å². The summed E-state index contributed by atoms with van der Waals surface area (Å²) in [6.07, 6.45) is 0.951. The molecule has 20 heavy (non-hydrogen) atoms. The summed E-state index contributed by atoms with van der Waals surface area (Å²) in [6, 6.07) is 3.08. The third kappa shape index (κ3) is 5.66. The normalized spacial score (nSPS) is 10.1. The van der Waals surface area contributed by atoms with Crippen molar-refractivity contribution in [1.82, 2.24) is 10.6 Å². The van der Waals surface area contributed by atoms with Crippen molar-refractivity contribution in [3.8, 4) is 5.75 Å². The van der Waals surface area contributed by atoms with Crippen LogP contribution in [0.25, 0.3) is 0 Å². The second kappa shape index (κ2) is 8.11. The number of carbonyl (C=O) groups excluding carboxylic acids is 2. The maximum absolute atomic E-state index is 13.2. The molecule has 0 fully saturated rings. The van der Waals surface area contributed by atoms with Gasteiger partial charge >= 0.3 is 6.03 Å². The van der Waals surface area contributed by atoms with Crippen molar-refractivity contribution in [2.24, 2.45) is 5.73 Å². The average molecular weight is 283 g/mol. The van der Waals surface area contributed by atoms with Crippen molar-refractivity contribution in [3.05, 3.63) is 29.6 Å². The van der Waals surface area contributed by atoms with Gasteiger partial charge in [0, 0.05) is 12.1 Å². The molecule has 0 heterocycles. The maximum atomic E-state index is 13.2. The Morgan fingerprint density at radius 1 is 1.40 bits per heavy atom. The number of hydrogen-bond acceptors (Lipinski definition) is 4. The molecule has 0 saturated heterocycles. The summed E-state index contributed by atoms with van der Waals surface area (Å²) in [4.78, 5) is 21.7. The fourth-order valence-corrected chi connectivity index (χ4v) is 1.54. The predicted molar refractivity (Wildman–Crippen MR) is 71.6 cm³/mol. The van der Waals surface area contributed by atoms with Crippen molar-refractivity contribution in [3.63, 3.8) is 0 Å². The molecule has 1 rings (SSSR count). The van der Waals surface area contributed by atoms with Crippen LogP contribution in [0.3, 0.4) is 0 Å². The number of halogens is 1. The Balaban J connectivity index is 2.63. The predicted octanol–water partition coefficient (Wildman–Crippen LogP) is 0.899. The zero-order chi connectivity index (χ0) is 15.0. The molecule has 7 heteroatoms. The molecule has 0 radical (unpaired) electrons. The van der Waals surface area contributed by atoms with E-state index < -0.39 is 11.9 Å². The van der Waals surface area contributed by atoms with Gasteiger partial charge in [-0.25, -0.2) is 9.18 Å². The van der Waals surface area contributed by atoms with Crippen LogP contribution >= 0.6 is 0 Å². The van der Waals surface area contributed by atoms with E-state index in [1.807, 2.05) is 12.2 Å². The average Bonchev–Trinajstić information content (AvgIpc) is 2.37. The van der Waals surface area contributed by atoms with Crippen LogP contribution in [-0.2, 0) is 11.3 Å². The molecule has 0 unspecified atom stereocenters. The van der Waals surface area contributed by atoms with Gasteiger partial charge in [-0.05, 0) is 31.2 Å². The SMILES string of the molecule is CCCNCc1cc(F)ccc1OCC(=O)NC(N)=O. The minimum atomic E-state index is -0.942. The number of nitrogens with two attached hydrogens (primary N) is 1. The number of urea groups is 1. The van der Waals surface area contributed by atoms with Crippen LogP contribution in [0.15, 0.2) is 18.2 Å². The molecule has 110 valence electrons. The molecule has 4 N–H and O–H groups in total. The van der Waals surface area contributed by atoms with Crippen molar-refractivity contribution >= 4 is 11.9 Å². The lowest BCUT2D eigenvalue weighted by Gasteiger charge is -2.11. The van der Waals surface area contributed by atoms with Crippen LogP contribution in [0, 0.1) is 5.82 Å². The highest BCUT2D eigenvalue weighted by atomic mass is 19.1. The lowest BCUT2D eigenvalue weighted by molar-refractivity contribution is -0.121. The fourth-order valence-electron chi connectivity index (χ4n) is 1.54. The van der Waals surface area contributed by atoms with Gasteiger partial charge in [-0.3, -0.25) is 10.1 Å². The zero-order valence-electron chi connectivity index (χ0n) is 11.2. The zero-order valence-corrected chi connectivity index (χ0v) is 11.2. The summed E-state index contributed by atoms with van der Waals surface area (Å²) in [7, 11) is 0. The van der Waals surface area contributed by atoms with Crippen molar-refractivity contribution < 1.29 is 18.7 Å². The Morgan fingerprint density at radius 2 is 2.15 bits per heavy atom. The number of benzene rings is 1. The smallest absolute Gasteiger partial charge is 0.318 e. The highest BCUT2D eigenvalue weighted by Gasteiger charge is 2.09. The fraction of sp³-hybridized carbons (Fsp3) is 0.385. The summed E-state index contributed by atoms with van der Waals surface area (Å²) in [5.41, 5.74) is 5.41. The van der Waals surface area contributed by atoms with Gasteiger partial charge in [0.15, 0.2) is 6.61 Å². The number of primary amides is 1. The first kappa shape index (κ1) is 15.9. The van der Waals surface area contributed by atoms with E-state index in [0.29, 0.717) is 17.9 Å². The van der Waals surface area contributed by atoms with Crippen molar-refractivity contribution in [1.29, 1.82) is 0 Å². The Kier molecular flexibility index (Phi) is 6.45. The van der Waals surface area contributed by atoms with E-state index in [2.05, 4.69) is 5.32 Å². The van der Waals surface area contributed by atoms with Gasteiger partial charge < -0.3 is 15.8 Å².